The van der Waals surface area contributed by atoms with E-state index < -0.39 is 0 Å². The zero-order valence-electron chi connectivity index (χ0n) is 9.42. The summed E-state index contributed by atoms with van der Waals surface area (Å²) in [6.45, 7) is 0.777. The molecule has 1 saturated heterocycles. The summed E-state index contributed by atoms with van der Waals surface area (Å²) in [5.74, 6) is 0.168. The number of carbonyl (C=O) groups excluding carboxylic acids is 1. The van der Waals surface area contributed by atoms with Crippen LogP contribution >= 0.6 is 23.2 Å². The summed E-state index contributed by atoms with van der Waals surface area (Å²) in [5.41, 5.74) is 0.832. The third kappa shape index (κ3) is 3.70. The predicted octanol–water partition coefficient (Wildman–Crippen LogP) is 3.67. The third-order valence-electron chi connectivity index (χ3n) is 2.88. The predicted molar refractivity (Wildman–Crippen MR) is 68.8 cm³/mol. The first-order chi connectivity index (χ1) is 8.15. The highest BCUT2D eigenvalue weighted by atomic mass is 35.5. The molecule has 0 aliphatic carbocycles. The Morgan fingerprint density at radius 3 is 2.88 bits per heavy atom. The Labute approximate surface area is 111 Å². The number of halogens is 2. The van der Waals surface area contributed by atoms with Crippen LogP contribution in [-0.4, -0.2) is 18.5 Å². The quantitative estimate of drug-likeness (QED) is 0.836. The number of carbonyl (C=O) groups is 1. The zero-order valence-corrected chi connectivity index (χ0v) is 10.9. The van der Waals surface area contributed by atoms with Crippen LogP contribution in [0.4, 0.5) is 0 Å². The molecule has 17 heavy (non-hydrogen) atoms. The maximum Gasteiger partial charge on any atom is 0.139 e. The first kappa shape index (κ1) is 12.9. The molecule has 0 radical (unpaired) electrons. The number of rotatable bonds is 4. The highest BCUT2D eigenvalue weighted by Crippen LogP contribution is 2.23. The number of ether oxygens (including phenoxy) is 1. The van der Waals surface area contributed by atoms with Gasteiger partial charge in [0.2, 0.25) is 0 Å². The van der Waals surface area contributed by atoms with Crippen LogP contribution in [-0.2, 0) is 16.0 Å². The first-order valence-electron chi connectivity index (χ1n) is 5.72. The second-order valence-electron chi connectivity index (χ2n) is 4.29. The minimum atomic E-state index is 0.105. The molecule has 92 valence electrons. The van der Waals surface area contributed by atoms with E-state index in [4.69, 9.17) is 27.9 Å². The fourth-order valence-electron chi connectivity index (χ4n) is 2.01. The van der Waals surface area contributed by atoms with Crippen molar-refractivity contribution in [3.63, 3.8) is 0 Å². The van der Waals surface area contributed by atoms with Gasteiger partial charge in [-0.1, -0.05) is 29.3 Å². The molecule has 4 heteroatoms. The van der Waals surface area contributed by atoms with E-state index in [0.717, 1.165) is 25.0 Å². The highest BCUT2D eigenvalue weighted by Gasteiger charge is 2.19. The van der Waals surface area contributed by atoms with Crippen molar-refractivity contribution >= 4 is 29.0 Å². The van der Waals surface area contributed by atoms with Gasteiger partial charge in [0.05, 0.1) is 6.10 Å². The average molecular weight is 273 g/mol. The van der Waals surface area contributed by atoms with Gasteiger partial charge in [0, 0.05) is 29.5 Å². The van der Waals surface area contributed by atoms with Crippen LogP contribution in [0.15, 0.2) is 18.2 Å². The van der Waals surface area contributed by atoms with Crippen molar-refractivity contribution < 1.29 is 9.53 Å². The van der Waals surface area contributed by atoms with E-state index in [0.29, 0.717) is 22.9 Å². The average Bonchev–Trinajstić information content (AvgIpc) is 2.75. The lowest BCUT2D eigenvalue weighted by atomic mass is 10.0. The van der Waals surface area contributed by atoms with Crippen LogP contribution in [0.25, 0.3) is 0 Å². The molecule has 1 aromatic carbocycles. The Morgan fingerprint density at radius 1 is 1.41 bits per heavy atom. The summed E-state index contributed by atoms with van der Waals surface area (Å²) < 4.78 is 5.44. The van der Waals surface area contributed by atoms with Gasteiger partial charge < -0.3 is 4.74 Å². The normalized spacial score (nSPS) is 19.5. The Bertz CT molecular complexity index is 412. The van der Waals surface area contributed by atoms with Crippen LogP contribution < -0.4 is 0 Å². The van der Waals surface area contributed by atoms with E-state index in [1.54, 1.807) is 18.2 Å². The van der Waals surface area contributed by atoms with Gasteiger partial charge in [-0.2, -0.15) is 0 Å². The topological polar surface area (TPSA) is 26.3 Å². The van der Waals surface area contributed by atoms with Gasteiger partial charge in [0.1, 0.15) is 5.78 Å². The molecule has 1 aromatic rings. The van der Waals surface area contributed by atoms with E-state index in [-0.39, 0.29) is 11.9 Å². The molecule has 0 N–H and O–H groups in total. The molecule has 0 saturated carbocycles. The summed E-state index contributed by atoms with van der Waals surface area (Å²) in [6.07, 6.45) is 2.99. The third-order valence-corrected chi connectivity index (χ3v) is 3.47. The maximum atomic E-state index is 11.8. The molecule has 0 aromatic heterocycles. The Kier molecular flexibility index (Phi) is 4.43. The maximum absolute atomic E-state index is 11.8. The van der Waals surface area contributed by atoms with Crippen molar-refractivity contribution in [2.45, 2.75) is 31.8 Å². The van der Waals surface area contributed by atoms with Crippen molar-refractivity contribution in [2.24, 2.45) is 0 Å². The van der Waals surface area contributed by atoms with E-state index in [1.807, 2.05) is 0 Å². The number of benzene rings is 1. The fraction of sp³-hybridized carbons (Fsp3) is 0.462. The van der Waals surface area contributed by atoms with Gasteiger partial charge in [0.25, 0.3) is 0 Å². The van der Waals surface area contributed by atoms with Crippen LogP contribution in [0.2, 0.25) is 10.0 Å². The number of hydrogen-bond donors (Lipinski definition) is 0. The first-order valence-corrected chi connectivity index (χ1v) is 6.48. The minimum Gasteiger partial charge on any atom is -0.378 e. The lowest BCUT2D eigenvalue weighted by Gasteiger charge is -2.09. The fourth-order valence-corrected chi connectivity index (χ4v) is 2.48. The molecule has 1 atom stereocenters. The van der Waals surface area contributed by atoms with Crippen LogP contribution in [0.3, 0.4) is 0 Å². The molecular weight excluding hydrogens is 259 g/mol. The van der Waals surface area contributed by atoms with Gasteiger partial charge in [-0.15, -0.1) is 0 Å². The number of Topliss-reactive ketones (excluding diaryl/α,β-unsaturated/α-hetero) is 1. The monoisotopic (exact) mass is 272 g/mol. The lowest BCUT2D eigenvalue weighted by molar-refractivity contribution is -0.120. The molecule has 1 aliphatic heterocycles. The van der Waals surface area contributed by atoms with Crippen LogP contribution in [0, 0.1) is 0 Å². The van der Waals surface area contributed by atoms with E-state index in [2.05, 4.69) is 0 Å². The van der Waals surface area contributed by atoms with Crippen LogP contribution in [0.1, 0.15) is 24.8 Å². The molecule has 1 fully saturated rings. The zero-order chi connectivity index (χ0) is 12.3. The van der Waals surface area contributed by atoms with Crippen molar-refractivity contribution in [1.29, 1.82) is 0 Å². The van der Waals surface area contributed by atoms with Gasteiger partial charge in [-0.25, -0.2) is 0 Å². The largest absolute Gasteiger partial charge is 0.378 e. The molecule has 0 spiro atoms. The Morgan fingerprint density at radius 2 is 2.24 bits per heavy atom. The second-order valence-corrected chi connectivity index (χ2v) is 5.13. The minimum absolute atomic E-state index is 0.105. The summed E-state index contributed by atoms with van der Waals surface area (Å²) in [5, 5.41) is 1.14. The molecule has 0 amide bonds. The summed E-state index contributed by atoms with van der Waals surface area (Å²) >= 11 is 11.8. The van der Waals surface area contributed by atoms with Crippen molar-refractivity contribution in [1.82, 2.24) is 0 Å². The molecule has 2 rings (SSSR count). The van der Waals surface area contributed by atoms with E-state index in [9.17, 15) is 4.79 Å². The molecule has 0 bridgehead atoms. The van der Waals surface area contributed by atoms with Gasteiger partial charge in [-0.3, -0.25) is 4.79 Å². The standard InChI is InChI=1S/C13H14Cl2O2/c14-10-4-3-9(13(15)7-10)6-11(16)8-12-2-1-5-17-12/h3-4,7,12H,1-2,5-6,8H2. The number of ketones is 1. The highest BCUT2D eigenvalue weighted by molar-refractivity contribution is 6.35. The van der Waals surface area contributed by atoms with Gasteiger partial charge in [-0.05, 0) is 30.5 Å². The molecule has 1 unspecified atom stereocenters. The molecule has 1 aliphatic rings. The summed E-state index contributed by atoms with van der Waals surface area (Å²) in [7, 11) is 0. The smallest absolute Gasteiger partial charge is 0.139 e. The van der Waals surface area contributed by atoms with Gasteiger partial charge >= 0.3 is 0 Å². The Hall–Kier alpha value is -0.570. The molecular formula is C13H14Cl2O2. The van der Waals surface area contributed by atoms with E-state index in [1.165, 1.54) is 0 Å². The van der Waals surface area contributed by atoms with Crippen molar-refractivity contribution in [3.8, 4) is 0 Å². The van der Waals surface area contributed by atoms with Crippen molar-refractivity contribution in [2.75, 3.05) is 6.61 Å². The summed E-state index contributed by atoms with van der Waals surface area (Å²) in [4.78, 5) is 11.8. The van der Waals surface area contributed by atoms with Crippen LogP contribution in [0.5, 0.6) is 0 Å². The molecule has 2 nitrogen and oxygen atoms in total. The summed E-state index contributed by atoms with van der Waals surface area (Å²) in [6, 6.07) is 5.22. The van der Waals surface area contributed by atoms with Gasteiger partial charge in [0.15, 0.2) is 0 Å². The second kappa shape index (κ2) is 5.85. The molecule has 1 heterocycles. The number of hydrogen-bond acceptors (Lipinski definition) is 2. The SMILES string of the molecule is O=C(Cc1ccc(Cl)cc1Cl)CC1CCCO1. The Balaban J connectivity index is 1.93. The van der Waals surface area contributed by atoms with E-state index >= 15 is 0 Å². The van der Waals surface area contributed by atoms with Crippen molar-refractivity contribution in [3.05, 3.63) is 33.8 Å². The lowest BCUT2D eigenvalue weighted by Crippen LogP contribution is -2.14.